The Bertz CT molecular complexity index is 395. The average molecular weight is 224 g/mol. The summed E-state index contributed by atoms with van der Waals surface area (Å²) in [4.78, 5) is 22.7. The summed E-state index contributed by atoms with van der Waals surface area (Å²) in [6, 6.07) is 1.80. The third-order valence-electron chi connectivity index (χ3n) is 1.76. The zero-order valence-corrected chi connectivity index (χ0v) is 8.76. The van der Waals surface area contributed by atoms with Crippen LogP contribution < -0.4 is 5.32 Å². The molecule has 0 saturated heterocycles. The number of thiocarbonyl (C=S) groups is 1. The highest BCUT2D eigenvalue weighted by atomic mass is 32.1. The monoisotopic (exact) mass is 224 g/mol. The number of hydrogen-bond acceptors (Lipinski definition) is 5. The Hall–Kier alpha value is -1.74. The Kier molecular flexibility index (Phi) is 3.52. The third-order valence-corrected chi connectivity index (χ3v) is 2.08. The maximum absolute atomic E-state index is 11.3. The molecule has 1 aliphatic rings. The molecule has 1 atom stereocenters. The molecule has 0 aromatic carbocycles. The van der Waals surface area contributed by atoms with Gasteiger partial charge in [-0.15, -0.1) is 0 Å². The van der Waals surface area contributed by atoms with E-state index in [4.69, 9.17) is 17.5 Å². The van der Waals surface area contributed by atoms with E-state index < -0.39 is 17.8 Å². The van der Waals surface area contributed by atoms with Gasteiger partial charge in [0.25, 0.3) is 0 Å². The lowest BCUT2D eigenvalue weighted by molar-refractivity contribution is -0.149. The minimum Gasteiger partial charge on any atom is -0.465 e. The molecular formula is C9H8N2O3S. The van der Waals surface area contributed by atoms with Crippen LogP contribution in [0.4, 0.5) is 0 Å². The first-order valence-electron chi connectivity index (χ1n) is 4.24. The summed E-state index contributed by atoms with van der Waals surface area (Å²) in [5.41, 5.74) is 0.114. The van der Waals surface area contributed by atoms with Crippen molar-refractivity contribution in [1.29, 1.82) is 5.26 Å². The Labute approximate surface area is 91.7 Å². The van der Waals surface area contributed by atoms with Gasteiger partial charge in [-0.1, -0.05) is 12.2 Å². The highest BCUT2D eigenvalue weighted by Crippen LogP contribution is 2.12. The summed E-state index contributed by atoms with van der Waals surface area (Å²) in [6.45, 7) is 1.82. The number of hydrogen-bond donors (Lipinski definition) is 1. The molecule has 5 nitrogen and oxygen atoms in total. The quantitative estimate of drug-likeness (QED) is 0.408. The van der Waals surface area contributed by atoms with Gasteiger partial charge in [-0.2, -0.15) is 5.26 Å². The molecule has 0 aromatic rings. The first kappa shape index (κ1) is 11.3. The maximum Gasteiger partial charge on any atom is 0.322 e. The van der Waals surface area contributed by atoms with Gasteiger partial charge >= 0.3 is 5.97 Å². The maximum atomic E-state index is 11.3. The number of nitrogens with one attached hydrogen (secondary N) is 1. The molecule has 1 heterocycles. The van der Waals surface area contributed by atoms with Gasteiger partial charge in [-0.3, -0.25) is 9.59 Å². The summed E-state index contributed by atoms with van der Waals surface area (Å²) in [5.74, 6) is -2.31. The molecule has 0 aliphatic carbocycles. The minimum atomic E-state index is -1.08. The third kappa shape index (κ3) is 2.39. The summed E-state index contributed by atoms with van der Waals surface area (Å²) in [6.07, 6.45) is 1.22. The number of esters is 1. The highest BCUT2D eigenvalue weighted by molar-refractivity contribution is 7.80. The second kappa shape index (κ2) is 4.66. The number of nitriles is 1. The van der Waals surface area contributed by atoms with Gasteiger partial charge in [0.2, 0.25) is 5.91 Å². The molecule has 15 heavy (non-hydrogen) atoms. The number of rotatable bonds is 2. The van der Waals surface area contributed by atoms with Gasteiger partial charge in [0.05, 0.1) is 12.2 Å². The molecule has 78 valence electrons. The van der Waals surface area contributed by atoms with Crippen molar-refractivity contribution in [2.24, 2.45) is 5.92 Å². The van der Waals surface area contributed by atoms with Gasteiger partial charge in [-0.25, -0.2) is 0 Å². The number of carbonyl (C=O) groups excluding carboxylic acids is 2. The fourth-order valence-corrected chi connectivity index (χ4v) is 1.28. The van der Waals surface area contributed by atoms with Crippen molar-refractivity contribution in [3.05, 3.63) is 11.6 Å². The van der Waals surface area contributed by atoms with Crippen LogP contribution in [0.2, 0.25) is 0 Å². The predicted octanol–water partition coefficient (Wildman–Crippen LogP) is 0.0729. The van der Waals surface area contributed by atoms with E-state index in [2.05, 4.69) is 10.1 Å². The van der Waals surface area contributed by atoms with E-state index in [1.165, 1.54) is 6.08 Å². The largest absolute Gasteiger partial charge is 0.465 e. The van der Waals surface area contributed by atoms with E-state index >= 15 is 0 Å². The van der Waals surface area contributed by atoms with Crippen LogP contribution in [0, 0.1) is 17.2 Å². The zero-order valence-electron chi connectivity index (χ0n) is 7.94. The summed E-state index contributed by atoms with van der Waals surface area (Å²) in [7, 11) is 0. The average Bonchev–Trinajstić information content (AvgIpc) is 2.18. The molecule has 1 N–H and O–H groups in total. The van der Waals surface area contributed by atoms with Crippen molar-refractivity contribution in [3.63, 3.8) is 0 Å². The molecule has 6 heteroatoms. The summed E-state index contributed by atoms with van der Waals surface area (Å²) in [5, 5.41) is 10.9. The van der Waals surface area contributed by atoms with Crippen LogP contribution in [-0.2, 0) is 14.3 Å². The second-order valence-corrected chi connectivity index (χ2v) is 3.15. The Morgan fingerprint density at radius 1 is 1.80 bits per heavy atom. The number of nitrogens with zero attached hydrogens (tertiary/aromatic N) is 1. The smallest absolute Gasteiger partial charge is 0.322 e. The van der Waals surface area contributed by atoms with Crippen LogP contribution >= 0.6 is 12.2 Å². The Morgan fingerprint density at radius 2 is 2.47 bits per heavy atom. The lowest BCUT2D eigenvalue weighted by Gasteiger charge is -2.17. The first-order valence-corrected chi connectivity index (χ1v) is 4.64. The van der Waals surface area contributed by atoms with E-state index in [0.717, 1.165) is 0 Å². The molecule has 0 radical (unpaired) electrons. The van der Waals surface area contributed by atoms with Crippen LogP contribution in [0.3, 0.4) is 0 Å². The van der Waals surface area contributed by atoms with Crippen molar-refractivity contribution in [3.8, 4) is 6.07 Å². The van der Waals surface area contributed by atoms with E-state index in [0.29, 0.717) is 0 Å². The fourth-order valence-electron chi connectivity index (χ4n) is 1.07. The second-order valence-electron chi connectivity index (χ2n) is 2.74. The van der Waals surface area contributed by atoms with Crippen LogP contribution in [-0.4, -0.2) is 23.5 Å². The van der Waals surface area contributed by atoms with Gasteiger partial charge in [0, 0.05) is 0 Å². The van der Waals surface area contributed by atoms with Crippen molar-refractivity contribution in [2.45, 2.75) is 6.92 Å². The van der Waals surface area contributed by atoms with E-state index in [-0.39, 0.29) is 17.2 Å². The Balaban J connectivity index is 2.95. The topological polar surface area (TPSA) is 79.2 Å². The van der Waals surface area contributed by atoms with Crippen molar-refractivity contribution >= 4 is 29.1 Å². The van der Waals surface area contributed by atoms with Crippen LogP contribution in [0.15, 0.2) is 11.6 Å². The van der Waals surface area contributed by atoms with Crippen molar-refractivity contribution < 1.29 is 14.3 Å². The van der Waals surface area contributed by atoms with Crippen LogP contribution in [0.1, 0.15) is 6.92 Å². The minimum absolute atomic E-state index is 0.0445. The van der Waals surface area contributed by atoms with Gasteiger partial charge < -0.3 is 10.1 Å². The molecule has 1 rings (SSSR count). The van der Waals surface area contributed by atoms with Gasteiger partial charge in [0.15, 0.2) is 5.92 Å². The molecule has 1 amide bonds. The lowest BCUT2D eigenvalue weighted by Crippen LogP contribution is -2.42. The van der Waals surface area contributed by atoms with Gasteiger partial charge in [-0.05, 0) is 13.0 Å². The predicted molar refractivity (Wildman–Crippen MR) is 54.6 cm³/mol. The highest BCUT2D eigenvalue weighted by Gasteiger charge is 2.31. The molecular weight excluding hydrogens is 216 g/mol. The fraction of sp³-hybridized carbons (Fsp3) is 0.333. The zero-order chi connectivity index (χ0) is 11.4. The first-order chi connectivity index (χ1) is 7.10. The molecule has 1 unspecified atom stereocenters. The molecule has 1 aliphatic heterocycles. The SMILES string of the molecule is CCOC(=O)C1C=C(C#N)C(=S)NC1=O. The van der Waals surface area contributed by atoms with Gasteiger partial charge in [0.1, 0.15) is 11.1 Å². The van der Waals surface area contributed by atoms with Crippen LogP contribution in [0.25, 0.3) is 0 Å². The van der Waals surface area contributed by atoms with Crippen LogP contribution in [0.5, 0.6) is 0 Å². The normalized spacial score (nSPS) is 20.0. The molecule has 0 spiro atoms. The molecule has 0 bridgehead atoms. The van der Waals surface area contributed by atoms with Crippen molar-refractivity contribution in [1.82, 2.24) is 5.32 Å². The van der Waals surface area contributed by atoms with E-state index in [9.17, 15) is 9.59 Å². The van der Waals surface area contributed by atoms with E-state index in [1.807, 2.05) is 0 Å². The number of ether oxygens (including phenoxy) is 1. The Morgan fingerprint density at radius 3 is 3.00 bits per heavy atom. The standard InChI is InChI=1S/C9H8N2O3S/c1-2-14-9(13)6-3-5(4-10)8(15)11-7(6)12/h3,6H,2H2,1H3,(H,11,12,15). The molecule has 0 saturated carbocycles. The van der Waals surface area contributed by atoms with E-state index in [1.54, 1.807) is 13.0 Å². The summed E-state index contributed by atoms with van der Waals surface area (Å²) >= 11 is 4.73. The molecule has 0 aromatic heterocycles. The van der Waals surface area contributed by atoms with Crippen molar-refractivity contribution in [2.75, 3.05) is 6.61 Å². The molecule has 0 fully saturated rings. The summed E-state index contributed by atoms with van der Waals surface area (Å²) < 4.78 is 4.68. The number of amides is 1. The number of carbonyl (C=O) groups is 2. The lowest BCUT2D eigenvalue weighted by atomic mass is 10.0.